The molecule has 0 bridgehead atoms. The summed E-state index contributed by atoms with van der Waals surface area (Å²) in [5, 5.41) is 0. The van der Waals surface area contributed by atoms with Crippen LogP contribution in [0.25, 0.3) is 0 Å². The molecule has 7 nitrogen and oxygen atoms in total. The number of hydrogen-bond acceptors (Lipinski definition) is 6. The fourth-order valence-corrected chi connectivity index (χ4v) is 5.61. The van der Waals surface area contributed by atoms with Gasteiger partial charge in [-0.3, -0.25) is 9.69 Å². The quantitative estimate of drug-likeness (QED) is 0.713. The molecule has 1 amide bonds. The van der Waals surface area contributed by atoms with Crippen molar-refractivity contribution < 1.29 is 22.7 Å². The third-order valence-electron chi connectivity index (χ3n) is 5.47. The minimum Gasteiger partial charge on any atom is -0.493 e. The number of benzene rings is 1. The normalized spacial score (nSPS) is 22.6. The molecule has 2 heterocycles. The maximum Gasteiger partial charge on any atom is 0.222 e. The number of nitrogens with zero attached hydrogens (tertiary/aromatic N) is 2. The van der Waals surface area contributed by atoms with E-state index >= 15 is 0 Å². The van der Waals surface area contributed by atoms with Gasteiger partial charge in [0.25, 0.3) is 0 Å². The second-order valence-corrected chi connectivity index (χ2v) is 9.39. The summed E-state index contributed by atoms with van der Waals surface area (Å²) in [6.07, 6.45) is 1.82. The van der Waals surface area contributed by atoms with Crippen molar-refractivity contribution in [1.82, 2.24) is 9.80 Å². The zero-order chi connectivity index (χ0) is 19.4. The van der Waals surface area contributed by atoms with E-state index in [1.165, 1.54) is 0 Å². The van der Waals surface area contributed by atoms with Crippen LogP contribution in [0.3, 0.4) is 0 Å². The van der Waals surface area contributed by atoms with Crippen molar-refractivity contribution in [3.05, 3.63) is 23.8 Å². The highest BCUT2D eigenvalue weighted by molar-refractivity contribution is 7.91. The van der Waals surface area contributed by atoms with Crippen molar-refractivity contribution in [3.63, 3.8) is 0 Å². The second-order valence-electron chi connectivity index (χ2n) is 7.16. The van der Waals surface area contributed by atoms with Gasteiger partial charge in [0.1, 0.15) is 0 Å². The van der Waals surface area contributed by atoms with Crippen molar-refractivity contribution in [1.29, 1.82) is 0 Å². The van der Waals surface area contributed by atoms with Crippen LogP contribution in [0.4, 0.5) is 0 Å². The molecule has 3 rings (SSSR count). The third kappa shape index (κ3) is 4.93. The lowest BCUT2D eigenvalue weighted by molar-refractivity contribution is -0.133. The molecule has 2 saturated heterocycles. The summed E-state index contributed by atoms with van der Waals surface area (Å²) in [4.78, 5) is 16.7. The van der Waals surface area contributed by atoms with Crippen LogP contribution in [-0.4, -0.2) is 82.1 Å². The molecule has 0 saturated carbocycles. The van der Waals surface area contributed by atoms with E-state index < -0.39 is 9.84 Å². The van der Waals surface area contributed by atoms with Gasteiger partial charge in [0.15, 0.2) is 21.3 Å². The summed E-state index contributed by atoms with van der Waals surface area (Å²) >= 11 is 0. The van der Waals surface area contributed by atoms with Gasteiger partial charge in [0.05, 0.1) is 25.7 Å². The number of carbonyl (C=O) groups is 1. The zero-order valence-corrected chi connectivity index (χ0v) is 16.8. The number of carbonyl (C=O) groups excluding carboxylic acids is 1. The van der Waals surface area contributed by atoms with Crippen LogP contribution in [0.2, 0.25) is 0 Å². The Morgan fingerprint density at radius 1 is 1.11 bits per heavy atom. The summed E-state index contributed by atoms with van der Waals surface area (Å²) in [7, 11) is 0.332. The Morgan fingerprint density at radius 3 is 2.41 bits per heavy atom. The Morgan fingerprint density at radius 2 is 1.81 bits per heavy atom. The first-order chi connectivity index (χ1) is 12.9. The first kappa shape index (κ1) is 19.9. The number of methoxy groups -OCH3 is 2. The molecule has 0 spiro atoms. The van der Waals surface area contributed by atoms with Crippen LogP contribution in [0.15, 0.2) is 18.2 Å². The molecule has 2 fully saturated rings. The number of hydrogen-bond donors (Lipinski definition) is 0. The Balaban J connectivity index is 1.47. The zero-order valence-electron chi connectivity index (χ0n) is 16.0. The van der Waals surface area contributed by atoms with E-state index in [1.54, 1.807) is 14.2 Å². The van der Waals surface area contributed by atoms with Gasteiger partial charge >= 0.3 is 0 Å². The molecule has 2 aliphatic rings. The van der Waals surface area contributed by atoms with Gasteiger partial charge in [-0.2, -0.15) is 0 Å². The lowest BCUT2D eigenvalue weighted by atomic mass is 10.1. The summed E-state index contributed by atoms with van der Waals surface area (Å²) in [6.45, 7) is 2.84. The number of amides is 1. The molecular weight excluding hydrogens is 368 g/mol. The monoisotopic (exact) mass is 396 g/mol. The molecule has 1 aromatic rings. The fraction of sp³-hybridized carbons (Fsp3) is 0.632. The molecule has 0 aromatic heterocycles. The highest BCUT2D eigenvalue weighted by atomic mass is 32.2. The Hall–Kier alpha value is -1.80. The van der Waals surface area contributed by atoms with Crippen molar-refractivity contribution in [2.45, 2.75) is 25.3 Å². The van der Waals surface area contributed by atoms with E-state index in [-0.39, 0.29) is 17.7 Å². The van der Waals surface area contributed by atoms with Crippen molar-refractivity contribution in [3.8, 4) is 11.5 Å². The predicted molar refractivity (Wildman–Crippen MR) is 103 cm³/mol. The second kappa shape index (κ2) is 8.48. The summed E-state index contributed by atoms with van der Waals surface area (Å²) < 4.78 is 33.8. The lowest BCUT2D eigenvalue weighted by Crippen LogP contribution is -2.52. The van der Waals surface area contributed by atoms with Gasteiger partial charge in [-0.05, 0) is 30.5 Å². The maximum absolute atomic E-state index is 12.5. The molecule has 150 valence electrons. The Labute approximate surface area is 161 Å². The minimum atomic E-state index is -2.87. The third-order valence-corrected chi connectivity index (χ3v) is 7.22. The van der Waals surface area contributed by atoms with Crippen LogP contribution in [0.1, 0.15) is 18.4 Å². The van der Waals surface area contributed by atoms with Crippen molar-refractivity contribution in [2.24, 2.45) is 0 Å². The van der Waals surface area contributed by atoms with E-state index in [2.05, 4.69) is 4.90 Å². The molecule has 0 N–H and O–H groups in total. The molecule has 8 heteroatoms. The molecule has 0 aliphatic carbocycles. The largest absolute Gasteiger partial charge is 0.493 e. The molecular formula is C19H28N2O5S. The van der Waals surface area contributed by atoms with Crippen molar-refractivity contribution in [2.75, 3.05) is 51.9 Å². The van der Waals surface area contributed by atoms with Gasteiger partial charge in [0, 0.05) is 38.6 Å². The van der Waals surface area contributed by atoms with Gasteiger partial charge in [0.2, 0.25) is 5.91 Å². The van der Waals surface area contributed by atoms with E-state index in [4.69, 9.17) is 9.47 Å². The molecule has 1 aromatic carbocycles. The van der Waals surface area contributed by atoms with Crippen molar-refractivity contribution >= 4 is 15.7 Å². The van der Waals surface area contributed by atoms with E-state index in [0.29, 0.717) is 43.2 Å². The number of aryl methyl sites for hydroxylation is 1. The topological polar surface area (TPSA) is 76.2 Å². The molecule has 2 aliphatic heterocycles. The number of sulfone groups is 1. The van der Waals surface area contributed by atoms with Gasteiger partial charge in [-0.1, -0.05) is 6.07 Å². The van der Waals surface area contributed by atoms with Crippen LogP contribution < -0.4 is 9.47 Å². The molecule has 27 heavy (non-hydrogen) atoms. The van der Waals surface area contributed by atoms with Crippen LogP contribution >= 0.6 is 0 Å². The van der Waals surface area contributed by atoms with Crippen LogP contribution in [0.5, 0.6) is 11.5 Å². The maximum atomic E-state index is 12.5. The average Bonchev–Trinajstić information content (AvgIpc) is 3.05. The van der Waals surface area contributed by atoms with Gasteiger partial charge in [-0.15, -0.1) is 0 Å². The van der Waals surface area contributed by atoms with E-state index in [1.807, 2.05) is 23.1 Å². The standard InChI is InChI=1S/C19H28N2O5S/c1-25-17-5-3-15(13-18(17)26-2)4-6-19(22)21-10-8-20(9-11-21)16-7-12-27(23,24)14-16/h3,5,13,16H,4,6-12,14H2,1-2H3. The Bertz CT molecular complexity index is 772. The highest BCUT2D eigenvalue weighted by Gasteiger charge is 2.34. The first-order valence-corrected chi connectivity index (χ1v) is 11.2. The van der Waals surface area contributed by atoms with Gasteiger partial charge in [-0.25, -0.2) is 8.42 Å². The smallest absolute Gasteiger partial charge is 0.222 e. The molecule has 1 unspecified atom stereocenters. The van der Waals surface area contributed by atoms with E-state index in [9.17, 15) is 13.2 Å². The van der Waals surface area contributed by atoms with E-state index in [0.717, 1.165) is 25.1 Å². The number of ether oxygens (including phenoxy) is 2. The lowest BCUT2D eigenvalue weighted by Gasteiger charge is -2.37. The molecule has 1 atom stereocenters. The Kier molecular flexibility index (Phi) is 6.26. The number of piperazine rings is 1. The fourth-order valence-electron chi connectivity index (χ4n) is 3.85. The summed E-state index contributed by atoms with van der Waals surface area (Å²) in [5.74, 6) is 2.05. The van der Waals surface area contributed by atoms with Crippen LogP contribution in [-0.2, 0) is 21.1 Å². The van der Waals surface area contributed by atoms with Gasteiger partial charge < -0.3 is 14.4 Å². The predicted octanol–water partition coefficient (Wildman–Crippen LogP) is 0.968. The SMILES string of the molecule is COc1ccc(CCC(=O)N2CCN(C3CCS(=O)(=O)C3)CC2)cc1OC. The molecule has 0 radical (unpaired) electrons. The number of rotatable bonds is 6. The summed E-state index contributed by atoms with van der Waals surface area (Å²) in [6, 6.07) is 5.84. The average molecular weight is 397 g/mol. The first-order valence-electron chi connectivity index (χ1n) is 9.35. The highest BCUT2D eigenvalue weighted by Crippen LogP contribution is 2.28. The summed E-state index contributed by atoms with van der Waals surface area (Å²) in [5.41, 5.74) is 1.04. The van der Waals surface area contributed by atoms with Crippen LogP contribution in [0, 0.1) is 0 Å². The minimum absolute atomic E-state index is 0.124.